The molecule has 2 heterocycles. The van der Waals surface area contributed by atoms with E-state index in [1.165, 1.54) is 10.1 Å². The van der Waals surface area contributed by atoms with Crippen LogP contribution in [0.3, 0.4) is 0 Å². The smallest absolute Gasteiger partial charge is 0.134 e. The number of aromatic nitrogens is 1. The molecule has 0 aliphatic carbocycles. The van der Waals surface area contributed by atoms with E-state index in [-0.39, 0.29) is 5.25 Å². The Morgan fingerprint density at radius 2 is 2.35 bits per heavy atom. The first kappa shape index (κ1) is 12.5. The predicted molar refractivity (Wildman–Crippen MR) is 76.3 cm³/mol. The molecule has 2 atom stereocenters. The molecule has 0 saturated heterocycles. The second-order valence-electron chi connectivity index (χ2n) is 4.02. The third-order valence-corrected chi connectivity index (χ3v) is 5.04. The maximum absolute atomic E-state index is 11.2. The number of nitrogens with zero attached hydrogens (tertiary/aromatic N) is 1. The van der Waals surface area contributed by atoms with Gasteiger partial charge in [0.2, 0.25) is 0 Å². The Morgan fingerprint density at radius 3 is 3.12 bits per heavy atom. The van der Waals surface area contributed by atoms with Crippen molar-refractivity contribution in [2.45, 2.75) is 18.6 Å². The quantitative estimate of drug-likeness (QED) is 0.906. The van der Waals surface area contributed by atoms with Crippen molar-refractivity contribution >= 4 is 38.0 Å². The van der Waals surface area contributed by atoms with Crippen LogP contribution in [0.15, 0.2) is 23.7 Å². The van der Waals surface area contributed by atoms with E-state index in [1.54, 1.807) is 17.6 Å². The van der Waals surface area contributed by atoms with Gasteiger partial charge in [-0.15, -0.1) is 11.3 Å². The molecule has 0 aromatic carbocycles. The summed E-state index contributed by atoms with van der Waals surface area (Å²) in [7, 11) is -0.746. The second kappa shape index (κ2) is 5.60. The standard InChI is InChI=1S/C12H16N2OS2/c1-9(17(2)15)3-6-13-12-10-5-8-16-11(10)4-7-14-12/h4-5,7-9H,3,6H2,1-2H3,(H,13,14). The van der Waals surface area contributed by atoms with E-state index < -0.39 is 10.8 Å². The molecule has 0 saturated carbocycles. The molecule has 17 heavy (non-hydrogen) atoms. The molecule has 0 spiro atoms. The molecule has 5 heteroatoms. The fourth-order valence-corrected chi connectivity index (χ4v) is 2.83. The highest BCUT2D eigenvalue weighted by Gasteiger charge is 2.07. The molecule has 0 radical (unpaired) electrons. The normalized spacial score (nSPS) is 14.7. The minimum atomic E-state index is -0.746. The molecule has 92 valence electrons. The summed E-state index contributed by atoms with van der Waals surface area (Å²) in [6, 6.07) is 4.10. The lowest BCUT2D eigenvalue weighted by atomic mass is 10.3. The predicted octanol–water partition coefficient (Wildman–Crippen LogP) is 2.87. The Kier molecular flexibility index (Phi) is 4.12. The number of hydrogen-bond donors (Lipinski definition) is 1. The van der Waals surface area contributed by atoms with Gasteiger partial charge in [-0.1, -0.05) is 6.92 Å². The van der Waals surface area contributed by atoms with Crippen LogP contribution < -0.4 is 5.32 Å². The number of thiophene rings is 1. The topological polar surface area (TPSA) is 42.0 Å². The number of anilines is 1. The Bertz CT molecular complexity index is 524. The molecular weight excluding hydrogens is 252 g/mol. The van der Waals surface area contributed by atoms with Gasteiger partial charge >= 0.3 is 0 Å². The summed E-state index contributed by atoms with van der Waals surface area (Å²) in [5.41, 5.74) is 0. The zero-order chi connectivity index (χ0) is 12.3. The maximum atomic E-state index is 11.2. The average Bonchev–Trinajstić information content (AvgIpc) is 2.77. The number of fused-ring (bicyclic) bond motifs is 1. The van der Waals surface area contributed by atoms with Crippen molar-refractivity contribution < 1.29 is 4.21 Å². The Balaban J connectivity index is 1.99. The summed E-state index contributed by atoms with van der Waals surface area (Å²) < 4.78 is 12.5. The monoisotopic (exact) mass is 268 g/mol. The van der Waals surface area contributed by atoms with E-state index in [1.807, 2.05) is 19.2 Å². The first-order valence-corrected chi connectivity index (χ1v) is 8.07. The van der Waals surface area contributed by atoms with E-state index in [2.05, 4.69) is 21.7 Å². The summed E-state index contributed by atoms with van der Waals surface area (Å²) in [5.74, 6) is 0.929. The zero-order valence-corrected chi connectivity index (χ0v) is 11.6. The average molecular weight is 268 g/mol. The minimum Gasteiger partial charge on any atom is -0.369 e. The van der Waals surface area contributed by atoms with Crippen LogP contribution in [0, 0.1) is 0 Å². The summed E-state index contributed by atoms with van der Waals surface area (Å²) in [5, 5.41) is 6.79. The lowest BCUT2D eigenvalue weighted by Crippen LogP contribution is -2.15. The van der Waals surface area contributed by atoms with Gasteiger partial charge in [-0.3, -0.25) is 4.21 Å². The molecule has 3 nitrogen and oxygen atoms in total. The van der Waals surface area contributed by atoms with Gasteiger partial charge < -0.3 is 5.32 Å². The van der Waals surface area contributed by atoms with E-state index >= 15 is 0 Å². The number of pyridine rings is 1. The number of rotatable bonds is 5. The highest BCUT2D eigenvalue weighted by Crippen LogP contribution is 2.25. The van der Waals surface area contributed by atoms with Crippen molar-refractivity contribution in [3.8, 4) is 0 Å². The van der Waals surface area contributed by atoms with E-state index in [9.17, 15) is 4.21 Å². The molecule has 0 bridgehead atoms. The van der Waals surface area contributed by atoms with E-state index in [0.29, 0.717) is 0 Å². The van der Waals surface area contributed by atoms with Crippen LogP contribution in [0.5, 0.6) is 0 Å². The SMILES string of the molecule is CC(CCNc1nccc2sccc12)S(C)=O. The fraction of sp³-hybridized carbons (Fsp3) is 0.417. The minimum absolute atomic E-state index is 0.226. The van der Waals surface area contributed by atoms with Gasteiger partial charge in [0.25, 0.3) is 0 Å². The number of hydrogen-bond acceptors (Lipinski definition) is 4. The van der Waals surface area contributed by atoms with Crippen LogP contribution in [0.4, 0.5) is 5.82 Å². The maximum Gasteiger partial charge on any atom is 0.134 e. The van der Waals surface area contributed by atoms with Crippen molar-refractivity contribution in [2.24, 2.45) is 0 Å². The van der Waals surface area contributed by atoms with Gasteiger partial charge in [0.15, 0.2) is 0 Å². The van der Waals surface area contributed by atoms with Crippen molar-refractivity contribution in [3.05, 3.63) is 23.7 Å². The summed E-state index contributed by atoms with van der Waals surface area (Å²) >= 11 is 1.72. The van der Waals surface area contributed by atoms with Crippen LogP contribution in [-0.2, 0) is 10.8 Å². The van der Waals surface area contributed by atoms with Gasteiger partial charge in [-0.2, -0.15) is 0 Å². The van der Waals surface area contributed by atoms with Crippen LogP contribution in [0.1, 0.15) is 13.3 Å². The second-order valence-corrected chi connectivity index (χ2v) is 6.77. The summed E-state index contributed by atoms with van der Waals surface area (Å²) in [6.07, 6.45) is 4.47. The molecule has 2 aromatic rings. The van der Waals surface area contributed by atoms with E-state index in [4.69, 9.17) is 0 Å². The number of nitrogens with one attached hydrogen (secondary N) is 1. The first-order chi connectivity index (χ1) is 8.18. The van der Waals surface area contributed by atoms with Crippen molar-refractivity contribution in [1.29, 1.82) is 0 Å². The zero-order valence-electron chi connectivity index (χ0n) is 9.97. The Labute approximate surface area is 108 Å². The largest absolute Gasteiger partial charge is 0.369 e. The lowest BCUT2D eigenvalue weighted by Gasteiger charge is -2.10. The van der Waals surface area contributed by atoms with Crippen molar-refractivity contribution in [3.63, 3.8) is 0 Å². The van der Waals surface area contributed by atoms with Gasteiger partial charge in [-0.05, 0) is 23.9 Å². The van der Waals surface area contributed by atoms with Gasteiger partial charge in [0.1, 0.15) is 5.82 Å². The summed E-state index contributed by atoms with van der Waals surface area (Å²) in [6.45, 7) is 2.82. The molecule has 0 aliphatic rings. The third kappa shape index (κ3) is 3.04. The van der Waals surface area contributed by atoms with Crippen LogP contribution >= 0.6 is 11.3 Å². The highest BCUT2D eigenvalue weighted by atomic mass is 32.2. The lowest BCUT2D eigenvalue weighted by molar-refractivity contribution is 0.672. The molecule has 0 aliphatic heterocycles. The van der Waals surface area contributed by atoms with Crippen LogP contribution in [-0.4, -0.2) is 27.2 Å². The van der Waals surface area contributed by atoms with Crippen molar-refractivity contribution in [1.82, 2.24) is 4.98 Å². The third-order valence-electron chi connectivity index (χ3n) is 2.79. The highest BCUT2D eigenvalue weighted by molar-refractivity contribution is 7.84. The molecule has 2 unspecified atom stereocenters. The Morgan fingerprint density at radius 1 is 1.53 bits per heavy atom. The molecule has 1 N–H and O–H groups in total. The Hall–Kier alpha value is -0.940. The molecule has 0 amide bonds. The van der Waals surface area contributed by atoms with Crippen LogP contribution in [0.25, 0.3) is 10.1 Å². The van der Waals surface area contributed by atoms with Gasteiger partial charge in [0.05, 0.1) is 0 Å². The van der Waals surface area contributed by atoms with Crippen LogP contribution in [0.2, 0.25) is 0 Å². The van der Waals surface area contributed by atoms with E-state index in [0.717, 1.165) is 18.8 Å². The fourth-order valence-electron chi connectivity index (χ4n) is 1.60. The first-order valence-electron chi connectivity index (χ1n) is 5.57. The van der Waals surface area contributed by atoms with Gasteiger partial charge in [-0.25, -0.2) is 4.98 Å². The van der Waals surface area contributed by atoms with Gasteiger partial charge in [0, 0.05) is 45.1 Å². The molecule has 2 rings (SSSR count). The molecule has 2 aromatic heterocycles. The van der Waals surface area contributed by atoms with Crippen molar-refractivity contribution in [2.75, 3.05) is 18.1 Å². The molecule has 0 fully saturated rings. The molecular formula is C12H16N2OS2. The summed E-state index contributed by atoms with van der Waals surface area (Å²) in [4.78, 5) is 4.34.